The summed E-state index contributed by atoms with van der Waals surface area (Å²) in [5.41, 5.74) is 3.90. The van der Waals surface area contributed by atoms with Crippen LogP contribution in [0, 0.1) is 12.3 Å². The van der Waals surface area contributed by atoms with E-state index >= 15 is 0 Å². The van der Waals surface area contributed by atoms with Crippen molar-refractivity contribution in [3.63, 3.8) is 0 Å². The zero-order valence-corrected chi connectivity index (χ0v) is 23.1. The van der Waals surface area contributed by atoms with E-state index in [4.69, 9.17) is 0 Å². The number of piperidine rings is 1. The summed E-state index contributed by atoms with van der Waals surface area (Å²) in [6, 6.07) is 7.23. The topological polar surface area (TPSA) is 59.6 Å². The van der Waals surface area contributed by atoms with E-state index in [1.807, 2.05) is 0 Å². The van der Waals surface area contributed by atoms with Gasteiger partial charge in [-0.05, 0) is 58.3 Å². The molecule has 2 saturated heterocycles. The van der Waals surface area contributed by atoms with E-state index < -0.39 is 0 Å². The lowest BCUT2D eigenvalue weighted by atomic mass is 9.66. The van der Waals surface area contributed by atoms with Gasteiger partial charge in [-0.25, -0.2) is 0 Å². The van der Waals surface area contributed by atoms with Gasteiger partial charge in [-0.3, -0.25) is 15.0 Å². The van der Waals surface area contributed by atoms with Gasteiger partial charge in [0, 0.05) is 48.7 Å². The summed E-state index contributed by atoms with van der Waals surface area (Å²) in [5.74, 6) is 0.173. The number of carbonyl (C=O) groups excluding carboxylic acids is 1. The maximum Gasteiger partial charge on any atom is 0.243 e. The van der Waals surface area contributed by atoms with Crippen LogP contribution in [0.15, 0.2) is 18.2 Å². The molecule has 36 heavy (non-hydrogen) atoms. The van der Waals surface area contributed by atoms with Crippen molar-refractivity contribution in [3.8, 4) is 0 Å². The first-order valence-corrected chi connectivity index (χ1v) is 14.7. The molecule has 3 aliphatic heterocycles. The summed E-state index contributed by atoms with van der Waals surface area (Å²) < 4.78 is 0. The molecule has 4 aliphatic rings. The minimum absolute atomic E-state index is 0.166. The molecule has 3 heterocycles. The summed E-state index contributed by atoms with van der Waals surface area (Å²) >= 11 is 0. The average molecular weight is 496 g/mol. The third kappa shape index (κ3) is 5.19. The van der Waals surface area contributed by atoms with Crippen molar-refractivity contribution in [1.29, 1.82) is 0 Å². The molecular weight excluding hydrogens is 446 g/mol. The van der Waals surface area contributed by atoms with Gasteiger partial charge in [-0.1, -0.05) is 63.1 Å². The van der Waals surface area contributed by atoms with Crippen molar-refractivity contribution in [2.75, 3.05) is 32.5 Å². The number of amides is 1. The highest BCUT2D eigenvalue weighted by Crippen LogP contribution is 2.48. The maximum absolute atomic E-state index is 13.7. The number of benzene rings is 1. The molecule has 6 heteroatoms. The van der Waals surface area contributed by atoms with Crippen molar-refractivity contribution >= 4 is 11.6 Å². The molecule has 3 fully saturated rings. The number of carbonyl (C=O) groups is 1. The molecule has 3 N–H and O–H groups in total. The second-order valence-electron chi connectivity index (χ2n) is 12.6. The molecule has 5 atom stereocenters. The van der Waals surface area contributed by atoms with Crippen LogP contribution in [0.4, 0.5) is 5.69 Å². The highest BCUT2D eigenvalue weighted by molar-refractivity contribution is 5.88. The number of hydrogen-bond acceptors (Lipinski definition) is 5. The minimum Gasteiger partial charge on any atom is -0.373 e. The quantitative estimate of drug-likeness (QED) is 0.582. The fraction of sp³-hybridized carbons (Fsp3) is 0.767. The predicted octanol–water partition coefficient (Wildman–Crippen LogP) is 4.28. The van der Waals surface area contributed by atoms with E-state index in [1.54, 1.807) is 0 Å². The van der Waals surface area contributed by atoms with Crippen molar-refractivity contribution in [2.45, 2.75) is 115 Å². The Hall–Kier alpha value is -1.63. The van der Waals surface area contributed by atoms with Crippen LogP contribution in [0.5, 0.6) is 0 Å². The molecule has 0 radical (unpaired) electrons. The van der Waals surface area contributed by atoms with E-state index in [0.717, 1.165) is 31.6 Å². The molecule has 6 nitrogen and oxygen atoms in total. The molecular formula is C30H49N5O. The van der Waals surface area contributed by atoms with Gasteiger partial charge < -0.3 is 15.5 Å². The Morgan fingerprint density at radius 3 is 2.47 bits per heavy atom. The Balaban J connectivity index is 1.37. The van der Waals surface area contributed by atoms with Crippen LogP contribution in [0.2, 0.25) is 0 Å². The second kappa shape index (κ2) is 11.0. The zero-order valence-electron chi connectivity index (χ0n) is 23.1. The molecule has 0 bridgehead atoms. The van der Waals surface area contributed by atoms with E-state index in [9.17, 15) is 4.79 Å². The SMILES string of the molecule is Cc1cccc2c1NC(C(=O)NC1CC3(CCCCCCCCC3)C3NCC(CN(C)C)N3C1C)C2. The van der Waals surface area contributed by atoms with Gasteiger partial charge in [0.2, 0.25) is 5.91 Å². The Morgan fingerprint density at radius 2 is 1.81 bits per heavy atom. The van der Waals surface area contributed by atoms with Crippen LogP contribution in [0.1, 0.15) is 82.3 Å². The monoisotopic (exact) mass is 495 g/mol. The first-order valence-electron chi connectivity index (χ1n) is 14.7. The molecule has 5 unspecified atom stereocenters. The Kier molecular flexibility index (Phi) is 7.95. The van der Waals surface area contributed by atoms with Crippen LogP contribution < -0.4 is 16.0 Å². The highest BCUT2D eigenvalue weighted by Gasteiger charge is 2.54. The standard InChI is InChI=1S/C30H49N5O/c1-21-13-12-14-23-17-25(32-27(21)23)28(36)33-26-18-30(15-10-8-6-5-7-9-11-16-30)29-31-19-24(20-34(3)4)35(29)22(26)2/h12-14,22,24-26,29,31-32H,5-11,15-20H2,1-4H3,(H,33,36). The molecule has 1 amide bonds. The van der Waals surface area contributed by atoms with Crippen molar-refractivity contribution < 1.29 is 4.79 Å². The number of fused-ring (bicyclic) bond motifs is 3. The van der Waals surface area contributed by atoms with Gasteiger partial charge in [-0.15, -0.1) is 0 Å². The summed E-state index contributed by atoms with van der Waals surface area (Å²) in [6.07, 6.45) is 14.4. The first kappa shape index (κ1) is 26.0. The van der Waals surface area contributed by atoms with Crippen molar-refractivity contribution in [2.24, 2.45) is 5.41 Å². The molecule has 1 saturated carbocycles. The molecule has 200 valence electrons. The van der Waals surface area contributed by atoms with Crippen LogP contribution in [-0.4, -0.2) is 73.2 Å². The van der Waals surface area contributed by atoms with Gasteiger partial charge in [-0.2, -0.15) is 0 Å². The normalized spacial score (nSPS) is 32.6. The lowest BCUT2D eigenvalue weighted by molar-refractivity contribution is -0.125. The summed E-state index contributed by atoms with van der Waals surface area (Å²) in [4.78, 5) is 18.8. The van der Waals surface area contributed by atoms with E-state index in [1.165, 1.54) is 68.9 Å². The van der Waals surface area contributed by atoms with Crippen LogP contribution >= 0.6 is 0 Å². The Bertz CT molecular complexity index is 907. The van der Waals surface area contributed by atoms with Gasteiger partial charge in [0.25, 0.3) is 0 Å². The largest absolute Gasteiger partial charge is 0.373 e. The number of rotatable bonds is 4. The Labute approximate surface area is 218 Å². The predicted molar refractivity (Wildman–Crippen MR) is 148 cm³/mol. The fourth-order valence-corrected chi connectivity index (χ4v) is 7.88. The van der Waals surface area contributed by atoms with E-state index in [0.29, 0.717) is 18.2 Å². The fourth-order valence-electron chi connectivity index (χ4n) is 7.88. The van der Waals surface area contributed by atoms with Gasteiger partial charge in [0.15, 0.2) is 0 Å². The molecule has 1 aromatic rings. The maximum atomic E-state index is 13.7. The Morgan fingerprint density at radius 1 is 1.11 bits per heavy atom. The third-order valence-electron chi connectivity index (χ3n) is 9.70. The van der Waals surface area contributed by atoms with Gasteiger partial charge in [0.1, 0.15) is 6.04 Å². The number of aryl methyl sites for hydroxylation is 1. The molecule has 1 aromatic carbocycles. The zero-order chi connectivity index (χ0) is 25.3. The number of hydrogen-bond donors (Lipinski definition) is 3. The second-order valence-corrected chi connectivity index (χ2v) is 12.6. The van der Waals surface area contributed by atoms with Crippen LogP contribution in [0.25, 0.3) is 0 Å². The lowest BCUT2D eigenvalue weighted by Crippen LogP contribution is -2.67. The number of likely N-dealkylation sites (N-methyl/N-ethyl adjacent to an activating group) is 1. The van der Waals surface area contributed by atoms with Crippen LogP contribution in [-0.2, 0) is 11.2 Å². The summed E-state index contributed by atoms with van der Waals surface area (Å²) in [6.45, 7) is 6.60. The van der Waals surface area contributed by atoms with Gasteiger partial charge >= 0.3 is 0 Å². The summed E-state index contributed by atoms with van der Waals surface area (Å²) in [7, 11) is 4.37. The van der Waals surface area contributed by atoms with Crippen LogP contribution in [0.3, 0.4) is 0 Å². The first-order chi connectivity index (χ1) is 17.4. The van der Waals surface area contributed by atoms with Crippen molar-refractivity contribution in [1.82, 2.24) is 20.4 Å². The number of nitrogens with one attached hydrogen (secondary N) is 3. The molecule has 0 aromatic heterocycles. The number of anilines is 1. The smallest absolute Gasteiger partial charge is 0.243 e. The van der Waals surface area contributed by atoms with Gasteiger partial charge in [0.05, 0.1) is 6.17 Å². The van der Waals surface area contributed by atoms with E-state index in [-0.39, 0.29) is 23.4 Å². The summed E-state index contributed by atoms with van der Waals surface area (Å²) in [5, 5.41) is 11.2. The minimum atomic E-state index is -0.166. The molecule has 5 rings (SSSR count). The molecule has 1 aliphatic carbocycles. The third-order valence-corrected chi connectivity index (χ3v) is 9.70. The van der Waals surface area contributed by atoms with Crippen molar-refractivity contribution in [3.05, 3.63) is 29.3 Å². The lowest BCUT2D eigenvalue weighted by Gasteiger charge is -2.55. The highest BCUT2D eigenvalue weighted by atomic mass is 16.2. The average Bonchev–Trinajstić information content (AvgIpc) is 3.47. The molecule has 1 spiro atoms. The number of para-hydroxylation sites is 1. The number of nitrogens with zero attached hydrogens (tertiary/aromatic N) is 2. The van der Waals surface area contributed by atoms with E-state index in [2.05, 4.69) is 71.9 Å².